The zero-order valence-electron chi connectivity index (χ0n) is 16.7. The maximum absolute atomic E-state index is 14.5. The van der Waals surface area contributed by atoms with Crippen molar-refractivity contribution in [3.8, 4) is 12.3 Å². The molecular weight excluding hydrogens is 550 g/mol. The Morgan fingerprint density at radius 3 is 2.37 bits per heavy atom. The highest BCUT2D eigenvalue weighted by Gasteiger charge is 2.48. The van der Waals surface area contributed by atoms with E-state index < -0.39 is 76.9 Å². The number of aromatic amines is 1. The number of phosphoric ester groups is 1. The summed E-state index contributed by atoms with van der Waals surface area (Å²) in [5.74, 6) is 1.07. The smallest absolute Gasteiger partial charge is 0.386 e. The molecule has 0 aliphatic carbocycles. The number of H-pyrrole nitrogens is 1. The lowest BCUT2D eigenvalue weighted by atomic mass is 9.92. The molecule has 0 aliphatic rings. The van der Waals surface area contributed by atoms with Gasteiger partial charge in [0.1, 0.15) is 6.10 Å². The number of nitrogens with two attached hydrogens (primary N) is 1. The monoisotopic (exact) mass is 567 g/mol. The Balaban J connectivity index is 2.21. The fourth-order valence-electron chi connectivity index (χ4n) is 2.48. The van der Waals surface area contributed by atoms with Gasteiger partial charge < -0.3 is 40.6 Å². The minimum Gasteiger partial charge on any atom is -0.386 e. The number of aliphatic hydroxyl groups is 3. The van der Waals surface area contributed by atoms with Crippen molar-refractivity contribution in [2.75, 3.05) is 12.3 Å². The van der Waals surface area contributed by atoms with Gasteiger partial charge in [-0.15, -0.1) is 6.42 Å². The molecule has 0 bridgehead atoms. The molecule has 2 aromatic rings. The Hall–Kier alpha value is -2.07. The fourth-order valence-corrected chi connectivity index (χ4v) is 5.51. The second-order valence-electron chi connectivity index (χ2n) is 6.47. The third-order valence-electron chi connectivity index (χ3n) is 3.95. The molecule has 23 heteroatoms. The van der Waals surface area contributed by atoms with Crippen LogP contribution >= 0.6 is 23.5 Å². The number of hydrogen-bond acceptors (Lipinski definition) is 13. The Labute approximate surface area is 192 Å². The number of nitrogens with zero attached hydrogens (tertiary/aromatic N) is 3. The van der Waals surface area contributed by atoms with Crippen LogP contribution in [0.2, 0.25) is 0 Å². The van der Waals surface area contributed by atoms with Crippen molar-refractivity contribution in [1.29, 1.82) is 0 Å². The number of fused-ring (bicyclic) bond motifs is 1. The van der Waals surface area contributed by atoms with Gasteiger partial charge in [-0.05, 0) is 0 Å². The molecule has 2 heterocycles. The molecule has 0 aromatic carbocycles. The molecule has 19 nitrogen and oxygen atoms in total. The summed E-state index contributed by atoms with van der Waals surface area (Å²) in [7, 11) is -17.4. The van der Waals surface area contributed by atoms with E-state index >= 15 is 0 Å². The Kier molecular flexibility index (Phi) is 8.44. The normalized spacial score (nSPS) is 20.2. The summed E-state index contributed by atoms with van der Waals surface area (Å²) in [5, 5.41) is 31.2. The number of alkyl halides is 1. The van der Waals surface area contributed by atoms with Gasteiger partial charge in [-0.1, -0.05) is 5.92 Å². The van der Waals surface area contributed by atoms with Crippen LogP contribution in [0.25, 0.3) is 11.2 Å². The molecule has 196 valence electrons. The van der Waals surface area contributed by atoms with Crippen LogP contribution in [0.4, 0.5) is 10.3 Å². The van der Waals surface area contributed by atoms with E-state index in [9.17, 15) is 43.1 Å². The molecule has 0 saturated heterocycles. The minimum atomic E-state index is -5.90. The fraction of sp³-hybridized carbons (Fsp3) is 0.417. The van der Waals surface area contributed by atoms with Crippen LogP contribution in [0.15, 0.2) is 11.1 Å². The van der Waals surface area contributed by atoms with Crippen LogP contribution in [0, 0.1) is 12.3 Å². The van der Waals surface area contributed by atoms with E-state index in [1.165, 1.54) is 5.92 Å². The molecule has 0 spiro atoms. The first-order chi connectivity index (χ1) is 15.8. The van der Waals surface area contributed by atoms with Gasteiger partial charge in [-0.2, -0.15) is 13.6 Å². The Bertz CT molecular complexity index is 1340. The molecule has 35 heavy (non-hydrogen) atoms. The van der Waals surface area contributed by atoms with Gasteiger partial charge in [0.25, 0.3) is 5.56 Å². The number of imidazole rings is 1. The first kappa shape index (κ1) is 29.2. The number of terminal acetylenes is 1. The summed E-state index contributed by atoms with van der Waals surface area (Å²) in [5.41, 5.74) is 0.454. The van der Waals surface area contributed by atoms with E-state index in [2.05, 4.69) is 28.1 Å². The molecule has 0 saturated carbocycles. The highest BCUT2D eigenvalue weighted by molar-refractivity contribution is 7.66. The quantitative estimate of drug-likeness (QED) is 0.101. The lowest BCUT2D eigenvalue weighted by molar-refractivity contribution is -0.159. The van der Waals surface area contributed by atoms with E-state index in [1.807, 2.05) is 0 Å². The highest BCUT2D eigenvalue weighted by Crippen LogP contribution is 2.66. The van der Waals surface area contributed by atoms with E-state index in [0.717, 1.165) is 6.33 Å². The maximum atomic E-state index is 14.5. The summed E-state index contributed by atoms with van der Waals surface area (Å²) in [6.45, 7) is -1.70. The average Bonchev–Trinajstić information content (AvgIpc) is 3.11. The van der Waals surface area contributed by atoms with Crippen molar-refractivity contribution < 1.29 is 66.1 Å². The number of phosphoric acid groups is 3. The van der Waals surface area contributed by atoms with Crippen LogP contribution < -0.4 is 11.3 Å². The SMILES string of the molecule is C#C[C@@](O)([C@H](O)[C@@H](F)COP(=O)(O)OP(=O)(O)OP(=O)(O)O)[C@@H](O)n1cnc2c(=O)[nH]c(N)nc21. The standard InChI is InChI=1S/C12H17FN5O14P3/c1-2-12(22,10(21)18-4-15-6-8(18)16-11(14)17-9(6)20)7(19)5(13)3-30-34(26,27)32-35(28,29)31-33(23,24)25/h1,4-5,7,10,19,21-22H,3H2,(H,26,27)(H,28,29)(H2,23,24,25)(H3,14,16,17,20)/t5-,7+,10+,12+/m0/s1. The van der Waals surface area contributed by atoms with Gasteiger partial charge in [0.05, 0.1) is 12.9 Å². The van der Waals surface area contributed by atoms with Crippen LogP contribution in [0.3, 0.4) is 0 Å². The van der Waals surface area contributed by atoms with Crippen molar-refractivity contribution >= 4 is 40.6 Å². The van der Waals surface area contributed by atoms with E-state index in [0.29, 0.717) is 4.57 Å². The number of rotatable bonds is 11. The number of nitrogen functional groups attached to an aromatic ring is 1. The number of halogens is 1. The van der Waals surface area contributed by atoms with Gasteiger partial charge in [0.2, 0.25) is 5.95 Å². The Morgan fingerprint density at radius 1 is 1.23 bits per heavy atom. The number of aromatic nitrogens is 4. The molecule has 0 aliphatic heterocycles. The third kappa shape index (κ3) is 7.00. The molecule has 2 unspecified atom stereocenters. The highest BCUT2D eigenvalue weighted by atomic mass is 31.3. The second-order valence-corrected chi connectivity index (χ2v) is 10.9. The summed E-state index contributed by atoms with van der Waals surface area (Å²) in [6, 6.07) is 0. The lowest BCUT2D eigenvalue weighted by Gasteiger charge is -2.34. The van der Waals surface area contributed by atoms with Crippen molar-refractivity contribution in [3.05, 3.63) is 16.7 Å². The number of anilines is 1. The van der Waals surface area contributed by atoms with Crippen LogP contribution in [0.1, 0.15) is 6.23 Å². The largest absolute Gasteiger partial charge is 0.490 e. The minimum absolute atomic E-state index is 0.392. The van der Waals surface area contributed by atoms with E-state index in [4.69, 9.17) is 26.8 Å². The lowest BCUT2D eigenvalue weighted by Crippen LogP contribution is -2.53. The molecule has 10 N–H and O–H groups in total. The van der Waals surface area contributed by atoms with Crippen molar-refractivity contribution in [3.63, 3.8) is 0 Å². The molecule has 0 radical (unpaired) electrons. The molecule has 2 aromatic heterocycles. The first-order valence-corrected chi connectivity index (χ1v) is 13.0. The van der Waals surface area contributed by atoms with Gasteiger partial charge >= 0.3 is 23.5 Å². The van der Waals surface area contributed by atoms with Crippen LogP contribution in [-0.4, -0.2) is 78.9 Å². The van der Waals surface area contributed by atoms with Gasteiger partial charge in [-0.25, -0.2) is 23.1 Å². The van der Waals surface area contributed by atoms with Crippen LogP contribution in [-0.2, 0) is 26.8 Å². The molecular formula is C12H17FN5O14P3. The van der Waals surface area contributed by atoms with Crippen molar-refractivity contribution in [2.45, 2.75) is 24.1 Å². The zero-order valence-corrected chi connectivity index (χ0v) is 19.4. The molecule has 0 amide bonds. The van der Waals surface area contributed by atoms with E-state index in [1.54, 1.807) is 0 Å². The average molecular weight is 567 g/mol. The summed E-state index contributed by atoms with van der Waals surface area (Å²) in [6.07, 6.45) is -2.33. The molecule has 6 atom stereocenters. The predicted octanol–water partition coefficient (Wildman–Crippen LogP) is -2.40. The molecule has 2 rings (SSSR count). The summed E-state index contributed by atoms with van der Waals surface area (Å²) in [4.78, 5) is 56.5. The predicted molar refractivity (Wildman–Crippen MR) is 108 cm³/mol. The molecule has 0 fully saturated rings. The maximum Gasteiger partial charge on any atom is 0.490 e. The summed E-state index contributed by atoms with van der Waals surface area (Å²) < 4.78 is 59.4. The zero-order chi connectivity index (χ0) is 27.0. The Morgan fingerprint density at radius 2 is 1.83 bits per heavy atom. The van der Waals surface area contributed by atoms with Crippen molar-refractivity contribution in [2.24, 2.45) is 0 Å². The summed E-state index contributed by atoms with van der Waals surface area (Å²) >= 11 is 0. The van der Waals surface area contributed by atoms with Gasteiger partial charge in [0.15, 0.2) is 29.2 Å². The first-order valence-electron chi connectivity index (χ1n) is 8.53. The van der Waals surface area contributed by atoms with E-state index in [-0.39, 0.29) is 0 Å². The topological polar surface area (TPSA) is 310 Å². The van der Waals surface area contributed by atoms with Crippen molar-refractivity contribution in [1.82, 2.24) is 19.5 Å². The number of hydrogen-bond donors (Lipinski definition) is 9. The van der Waals surface area contributed by atoms with Gasteiger partial charge in [0, 0.05) is 0 Å². The number of nitrogens with one attached hydrogen (secondary N) is 1. The third-order valence-corrected chi connectivity index (χ3v) is 7.75. The van der Waals surface area contributed by atoms with Crippen LogP contribution in [0.5, 0.6) is 0 Å². The second kappa shape index (κ2) is 10.1. The van der Waals surface area contributed by atoms with Gasteiger partial charge in [-0.3, -0.25) is 18.9 Å². The number of aliphatic hydroxyl groups excluding tert-OH is 2.